The van der Waals surface area contributed by atoms with E-state index in [9.17, 15) is 0 Å². The minimum Gasteiger partial charge on any atom is -0.469 e. The Labute approximate surface area is 167 Å². The Morgan fingerprint density at radius 3 is 2.68 bits per heavy atom. The molecule has 6 heteroatoms. The molecule has 138 valence electrons. The maximum atomic E-state index is 5.36. The monoisotopic (exact) mass is 457 g/mol. The zero-order valence-electron chi connectivity index (χ0n) is 14.9. The van der Waals surface area contributed by atoms with Crippen LogP contribution in [0.4, 0.5) is 0 Å². The quantitative estimate of drug-likeness (QED) is 0.261. The number of methoxy groups -OCH3 is 1. The first-order valence-electron chi connectivity index (χ1n) is 8.40. The normalized spacial score (nSPS) is 12.3. The molecule has 0 amide bonds. The van der Waals surface area contributed by atoms with Crippen molar-refractivity contribution in [3.63, 3.8) is 0 Å². The number of nitrogens with one attached hydrogen (secondary N) is 2. The van der Waals surface area contributed by atoms with Gasteiger partial charge in [-0.3, -0.25) is 4.99 Å². The summed E-state index contributed by atoms with van der Waals surface area (Å²) in [5, 5.41) is 6.83. The lowest BCUT2D eigenvalue weighted by atomic mass is 10.1. The van der Waals surface area contributed by atoms with Gasteiger partial charge < -0.3 is 19.8 Å². The molecule has 0 bridgehead atoms. The van der Waals surface area contributed by atoms with Gasteiger partial charge in [0.2, 0.25) is 0 Å². The van der Waals surface area contributed by atoms with E-state index in [0.29, 0.717) is 0 Å². The summed E-state index contributed by atoms with van der Waals surface area (Å²) in [6, 6.07) is 14.4. The van der Waals surface area contributed by atoms with Crippen LogP contribution in [0.1, 0.15) is 30.7 Å². The Balaban J connectivity index is 0.00000312. The summed E-state index contributed by atoms with van der Waals surface area (Å²) < 4.78 is 10.4. The molecule has 0 saturated heterocycles. The van der Waals surface area contributed by atoms with E-state index in [0.717, 1.165) is 44.3 Å². The smallest absolute Gasteiger partial charge is 0.191 e. The number of guanidine groups is 1. The molecular weight excluding hydrogens is 429 g/mol. The molecule has 2 aromatic rings. The van der Waals surface area contributed by atoms with E-state index in [1.54, 1.807) is 13.4 Å². The Morgan fingerprint density at radius 1 is 1.20 bits per heavy atom. The molecule has 1 unspecified atom stereocenters. The highest BCUT2D eigenvalue weighted by Crippen LogP contribution is 2.10. The van der Waals surface area contributed by atoms with Crippen molar-refractivity contribution in [2.45, 2.75) is 25.8 Å². The van der Waals surface area contributed by atoms with Crippen LogP contribution in [0.5, 0.6) is 0 Å². The summed E-state index contributed by atoms with van der Waals surface area (Å²) in [6.45, 7) is 4.35. The van der Waals surface area contributed by atoms with Gasteiger partial charge in [-0.25, -0.2) is 0 Å². The number of furan rings is 1. The predicted octanol–water partition coefficient (Wildman–Crippen LogP) is 3.77. The lowest BCUT2D eigenvalue weighted by Crippen LogP contribution is -2.40. The SMILES string of the molecule is COCCCN=C(NCCc1ccco1)NC(C)c1ccccc1.I. The topological polar surface area (TPSA) is 58.8 Å². The second-order valence-electron chi connectivity index (χ2n) is 5.61. The van der Waals surface area contributed by atoms with Crippen molar-refractivity contribution in [2.75, 3.05) is 26.8 Å². The van der Waals surface area contributed by atoms with Gasteiger partial charge >= 0.3 is 0 Å². The fraction of sp³-hybridized carbons (Fsp3) is 0.421. The van der Waals surface area contributed by atoms with Gasteiger partial charge in [0.25, 0.3) is 0 Å². The number of aliphatic imine (C=N–C) groups is 1. The molecule has 1 aromatic carbocycles. The molecule has 0 fully saturated rings. The van der Waals surface area contributed by atoms with Gasteiger partial charge in [-0.05, 0) is 31.0 Å². The van der Waals surface area contributed by atoms with Crippen LogP contribution < -0.4 is 10.6 Å². The molecule has 1 atom stereocenters. The summed E-state index contributed by atoms with van der Waals surface area (Å²) in [6.07, 6.45) is 3.43. The first-order chi connectivity index (χ1) is 11.8. The third kappa shape index (κ3) is 8.40. The zero-order chi connectivity index (χ0) is 17.0. The summed E-state index contributed by atoms with van der Waals surface area (Å²) in [7, 11) is 1.71. The van der Waals surface area contributed by atoms with Crippen molar-refractivity contribution in [1.82, 2.24) is 10.6 Å². The van der Waals surface area contributed by atoms with Crippen molar-refractivity contribution in [1.29, 1.82) is 0 Å². The maximum absolute atomic E-state index is 5.36. The summed E-state index contributed by atoms with van der Waals surface area (Å²) in [4.78, 5) is 4.63. The van der Waals surface area contributed by atoms with Crippen LogP contribution in [0.15, 0.2) is 58.1 Å². The van der Waals surface area contributed by atoms with E-state index >= 15 is 0 Å². The molecule has 25 heavy (non-hydrogen) atoms. The number of halogens is 1. The molecule has 1 aromatic heterocycles. The highest BCUT2D eigenvalue weighted by molar-refractivity contribution is 14.0. The zero-order valence-corrected chi connectivity index (χ0v) is 17.2. The number of benzene rings is 1. The van der Waals surface area contributed by atoms with Gasteiger partial charge in [-0.15, -0.1) is 24.0 Å². The van der Waals surface area contributed by atoms with Crippen LogP contribution >= 0.6 is 24.0 Å². The molecule has 0 saturated carbocycles. The minimum atomic E-state index is 0. The fourth-order valence-corrected chi connectivity index (χ4v) is 2.34. The molecule has 2 rings (SSSR count). The Bertz CT molecular complexity index is 588. The van der Waals surface area contributed by atoms with Crippen LogP contribution in [0.3, 0.4) is 0 Å². The maximum Gasteiger partial charge on any atom is 0.191 e. The van der Waals surface area contributed by atoms with Gasteiger partial charge in [0.05, 0.1) is 12.3 Å². The molecule has 2 N–H and O–H groups in total. The van der Waals surface area contributed by atoms with Crippen LogP contribution in [0.2, 0.25) is 0 Å². The van der Waals surface area contributed by atoms with E-state index in [2.05, 4.69) is 34.7 Å². The van der Waals surface area contributed by atoms with E-state index < -0.39 is 0 Å². The first-order valence-corrected chi connectivity index (χ1v) is 8.40. The van der Waals surface area contributed by atoms with Crippen molar-refractivity contribution in [2.24, 2.45) is 4.99 Å². The van der Waals surface area contributed by atoms with Crippen LogP contribution in [0.25, 0.3) is 0 Å². The van der Waals surface area contributed by atoms with Gasteiger partial charge in [0.15, 0.2) is 5.96 Å². The number of hydrogen-bond donors (Lipinski definition) is 2. The molecule has 5 nitrogen and oxygen atoms in total. The number of hydrogen-bond acceptors (Lipinski definition) is 3. The van der Waals surface area contributed by atoms with Crippen molar-refractivity contribution < 1.29 is 9.15 Å². The standard InChI is InChI=1S/C19H27N3O2.HI/c1-16(17-8-4-3-5-9-17)22-19(20-12-7-14-23-2)21-13-11-18-10-6-15-24-18;/h3-6,8-10,15-16H,7,11-14H2,1-2H3,(H2,20,21,22);1H. The number of rotatable bonds is 9. The van der Waals surface area contributed by atoms with E-state index in [1.807, 2.05) is 30.3 Å². The summed E-state index contributed by atoms with van der Waals surface area (Å²) in [5.41, 5.74) is 1.23. The van der Waals surface area contributed by atoms with E-state index in [-0.39, 0.29) is 30.0 Å². The average molecular weight is 457 g/mol. The van der Waals surface area contributed by atoms with Gasteiger partial charge in [0, 0.05) is 33.2 Å². The van der Waals surface area contributed by atoms with Crippen LogP contribution in [0, 0.1) is 0 Å². The second-order valence-corrected chi connectivity index (χ2v) is 5.61. The fourth-order valence-electron chi connectivity index (χ4n) is 2.34. The van der Waals surface area contributed by atoms with Crippen molar-refractivity contribution in [3.8, 4) is 0 Å². The highest BCUT2D eigenvalue weighted by atomic mass is 127. The Kier molecular flexibility index (Phi) is 11.0. The third-order valence-corrected chi connectivity index (χ3v) is 3.67. The second kappa shape index (κ2) is 12.8. The Morgan fingerprint density at radius 2 is 2.00 bits per heavy atom. The van der Waals surface area contributed by atoms with E-state index in [4.69, 9.17) is 9.15 Å². The third-order valence-electron chi connectivity index (χ3n) is 3.67. The lowest BCUT2D eigenvalue weighted by molar-refractivity contribution is 0.197. The van der Waals surface area contributed by atoms with Crippen LogP contribution in [-0.2, 0) is 11.2 Å². The molecular formula is C19H28IN3O2. The lowest BCUT2D eigenvalue weighted by Gasteiger charge is -2.18. The molecule has 0 aliphatic carbocycles. The predicted molar refractivity (Wildman–Crippen MR) is 113 cm³/mol. The van der Waals surface area contributed by atoms with Gasteiger partial charge in [-0.1, -0.05) is 30.3 Å². The van der Waals surface area contributed by atoms with Gasteiger partial charge in [-0.2, -0.15) is 0 Å². The molecule has 0 radical (unpaired) electrons. The summed E-state index contributed by atoms with van der Waals surface area (Å²) >= 11 is 0. The Hall–Kier alpha value is -1.54. The van der Waals surface area contributed by atoms with Crippen LogP contribution in [-0.4, -0.2) is 32.8 Å². The van der Waals surface area contributed by atoms with Crippen molar-refractivity contribution in [3.05, 3.63) is 60.1 Å². The minimum absolute atomic E-state index is 0. The largest absolute Gasteiger partial charge is 0.469 e. The highest BCUT2D eigenvalue weighted by Gasteiger charge is 2.07. The molecule has 0 spiro atoms. The number of nitrogens with zero attached hydrogens (tertiary/aromatic N) is 1. The van der Waals surface area contributed by atoms with Gasteiger partial charge in [0.1, 0.15) is 5.76 Å². The molecule has 1 heterocycles. The van der Waals surface area contributed by atoms with Crippen molar-refractivity contribution >= 4 is 29.9 Å². The number of ether oxygens (including phenoxy) is 1. The molecule has 0 aliphatic heterocycles. The average Bonchev–Trinajstić information content (AvgIpc) is 3.12. The van der Waals surface area contributed by atoms with E-state index in [1.165, 1.54) is 5.56 Å². The summed E-state index contributed by atoms with van der Waals surface area (Å²) in [5.74, 6) is 1.78. The first kappa shape index (κ1) is 21.5. The molecule has 0 aliphatic rings.